The Morgan fingerprint density at radius 3 is 1.36 bits per heavy atom. The van der Waals surface area contributed by atoms with Gasteiger partial charge < -0.3 is 9.32 Å². The van der Waals surface area contributed by atoms with Gasteiger partial charge in [0, 0.05) is 27.8 Å². The van der Waals surface area contributed by atoms with E-state index in [1.807, 2.05) is 12.1 Å². The summed E-state index contributed by atoms with van der Waals surface area (Å²) in [7, 11) is 0. The van der Waals surface area contributed by atoms with Crippen molar-refractivity contribution in [3.05, 3.63) is 188 Å². The number of fused-ring (bicyclic) bond motifs is 11. The first-order chi connectivity index (χ1) is 24.8. The highest BCUT2D eigenvalue weighted by atomic mass is 16.3. The van der Waals surface area contributed by atoms with E-state index in [-0.39, 0.29) is 0 Å². The van der Waals surface area contributed by atoms with Gasteiger partial charge >= 0.3 is 0 Å². The molecule has 0 saturated carbocycles. The summed E-state index contributed by atoms with van der Waals surface area (Å²) in [5.41, 5.74) is 17.3. The van der Waals surface area contributed by atoms with E-state index < -0.39 is 0 Å². The van der Waals surface area contributed by atoms with Crippen molar-refractivity contribution < 1.29 is 4.42 Å². The Labute approximate surface area is 291 Å². The molecule has 0 fully saturated rings. The van der Waals surface area contributed by atoms with Crippen LogP contribution in [-0.4, -0.2) is 0 Å². The van der Waals surface area contributed by atoms with Gasteiger partial charge in [-0.25, -0.2) is 0 Å². The molecule has 0 aliphatic heterocycles. The first-order valence-corrected chi connectivity index (χ1v) is 17.1. The summed E-state index contributed by atoms with van der Waals surface area (Å²) in [6.07, 6.45) is 0. The van der Waals surface area contributed by atoms with E-state index in [1.54, 1.807) is 0 Å². The SMILES string of the molecule is c1ccc(-c2ccc(N(c3ccc4c(c3)-c3ccccc3-c3ccccc3-c3ccccc3-4)c3ccc4oc5ccccc5c4c3)cc2)cc1. The minimum Gasteiger partial charge on any atom is -0.456 e. The number of hydrogen-bond acceptors (Lipinski definition) is 2. The van der Waals surface area contributed by atoms with E-state index in [0.29, 0.717) is 0 Å². The van der Waals surface area contributed by atoms with E-state index in [2.05, 4.69) is 181 Å². The van der Waals surface area contributed by atoms with E-state index in [4.69, 9.17) is 4.42 Å². The molecular formula is C48H31NO. The summed E-state index contributed by atoms with van der Waals surface area (Å²) in [6, 6.07) is 67.7. The molecule has 1 aliphatic rings. The van der Waals surface area contributed by atoms with Crippen molar-refractivity contribution in [2.75, 3.05) is 4.90 Å². The quantitative estimate of drug-likeness (QED) is 0.191. The van der Waals surface area contributed by atoms with E-state index in [9.17, 15) is 0 Å². The first-order valence-electron chi connectivity index (χ1n) is 17.1. The lowest BCUT2D eigenvalue weighted by molar-refractivity contribution is 0.669. The molecule has 0 atom stereocenters. The van der Waals surface area contributed by atoms with E-state index in [1.165, 1.54) is 55.6 Å². The standard InChI is InChI=1S/C48H31NO/c1-2-12-32(13-3-1)33-22-24-34(25-23-33)49(36-27-29-48-46(31-36)44-20-10-11-21-47(44)50-48)35-26-28-43-41-18-7-6-16-39(41)37-14-4-5-15-38(37)40-17-8-9-19-42(40)45(43)30-35/h1-31H. The van der Waals surface area contributed by atoms with Crippen molar-refractivity contribution in [2.24, 2.45) is 0 Å². The zero-order valence-corrected chi connectivity index (χ0v) is 27.3. The maximum atomic E-state index is 6.25. The highest BCUT2D eigenvalue weighted by Gasteiger charge is 2.23. The normalized spacial score (nSPS) is 11.6. The third kappa shape index (κ3) is 4.57. The largest absolute Gasteiger partial charge is 0.456 e. The molecule has 50 heavy (non-hydrogen) atoms. The zero-order chi connectivity index (χ0) is 33.0. The van der Waals surface area contributed by atoms with Crippen molar-refractivity contribution in [1.82, 2.24) is 0 Å². The minimum atomic E-state index is 0.886. The number of para-hydroxylation sites is 1. The number of hydrogen-bond donors (Lipinski definition) is 0. The van der Waals surface area contributed by atoms with Crippen molar-refractivity contribution in [3.8, 4) is 55.6 Å². The fourth-order valence-electron chi connectivity index (χ4n) is 7.72. The molecule has 0 amide bonds. The molecule has 8 aromatic carbocycles. The lowest BCUT2D eigenvalue weighted by Crippen LogP contribution is -2.10. The molecular weight excluding hydrogens is 607 g/mol. The molecule has 2 nitrogen and oxygen atoms in total. The number of rotatable bonds is 4. The Morgan fingerprint density at radius 1 is 0.280 bits per heavy atom. The fourth-order valence-corrected chi connectivity index (χ4v) is 7.72. The van der Waals surface area contributed by atoms with Crippen LogP contribution < -0.4 is 4.90 Å². The number of anilines is 3. The molecule has 0 spiro atoms. The Hall–Kier alpha value is -6.64. The third-order valence-corrected chi connectivity index (χ3v) is 10.1. The zero-order valence-electron chi connectivity index (χ0n) is 27.3. The van der Waals surface area contributed by atoms with Gasteiger partial charge in [-0.3, -0.25) is 0 Å². The smallest absolute Gasteiger partial charge is 0.135 e. The number of nitrogens with zero attached hydrogens (tertiary/aromatic N) is 1. The van der Waals surface area contributed by atoms with Gasteiger partial charge in [-0.05, 0) is 104 Å². The Kier molecular flexibility index (Phi) is 6.53. The van der Waals surface area contributed by atoms with Crippen molar-refractivity contribution >= 4 is 39.0 Å². The molecule has 0 saturated heterocycles. The van der Waals surface area contributed by atoms with Gasteiger partial charge in [0.2, 0.25) is 0 Å². The van der Waals surface area contributed by atoms with Gasteiger partial charge in [-0.2, -0.15) is 0 Å². The van der Waals surface area contributed by atoms with Crippen molar-refractivity contribution in [1.29, 1.82) is 0 Å². The molecule has 2 heteroatoms. The summed E-state index contributed by atoms with van der Waals surface area (Å²) >= 11 is 0. The summed E-state index contributed by atoms with van der Waals surface area (Å²) in [5, 5.41) is 2.22. The van der Waals surface area contributed by atoms with Crippen LogP contribution in [0, 0.1) is 0 Å². The summed E-state index contributed by atoms with van der Waals surface area (Å²) in [4.78, 5) is 2.37. The second-order valence-corrected chi connectivity index (χ2v) is 12.9. The van der Waals surface area contributed by atoms with Gasteiger partial charge in [0.1, 0.15) is 11.2 Å². The lowest BCUT2D eigenvalue weighted by atomic mass is 9.81. The van der Waals surface area contributed by atoms with Crippen LogP contribution in [0.5, 0.6) is 0 Å². The maximum Gasteiger partial charge on any atom is 0.135 e. The number of benzene rings is 8. The Bertz CT molecular complexity index is 2700. The fraction of sp³-hybridized carbons (Fsp3) is 0. The number of furan rings is 1. The highest BCUT2D eigenvalue weighted by Crippen LogP contribution is 2.49. The monoisotopic (exact) mass is 637 g/mol. The minimum absolute atomic E-state index is 0.886. The van der Waals surface area contributed by atoms with E-state index in [0.717, 1.165) is 39.0 Å². The molecule has 10 rings (SSSR count). The average molecular weight is 638 g/mol. The van der Waals surface area contributed by atoms with Crippen LogP contribution in [0.25, 0.3) is 77.6 Å². The molecule has 0 N–H and O–H groups in total. The van der Waals surface area contributed by atoms with Crippen LogP contribution in [0.1, 0.15) is 0 Å². The summed E-state index contributed by atoms with van der Waals surface area (Å²) in [5.74, 6) is 0. The second kappa shape index (κ2) is 11.5. The van der Waals surface area contributed by atoms with Crippen LogP contribution in [-0.2, 0) is 0 Å². The predicted molar refractivity (Wildman–Crippen MR) is 209 cm³/mol. The van der Waals surface area contributed by atoms with E-state index >= 15 is 0 Å². The Morgan fingerprint density at radius 2 is 0.720 bits per heavy atom. The average Bonchev–Trinajstić information content (AvgIpc) is 3.56. The summed E-state index contributed by atoms with van der Waals surface area (Å²) in [6.45, 7) is 0. The van der Waals surface area contributed by atoms with Crippen LogP contribution in [0.15, 0.2) is 192 Å². The van der Waals surface area contributed by atoms with Gasteiger partial charge in [-0.15, -0.1) is 0 Å². The van der Waals surface area contributed by atoms with Gasteiger partial charge in [0.05, 0.1) is 0 Å². The van der Waals surface area contributed by atoms with Crippen LogP contribution in [0.4, 0.5) is 17.1 Å². The summed E-state index contributed by atoms with van der Waals surface area (Å²) < 4.78 is 6.25. The molecule has 9 aromatic rings. The van der Waals surface area contributed by atoms with Crippen LogP contribution in [0.2, 0.25) is 0 Å². The third-order valence-electron chi connectivity index (χ3n) is 10.1. The molecule has 1 aromatic heterocycles. The maximum absolute atomic E-state index is 6.25. The second-order valence-electron chi connectivity index (χ2n) is 12.9. The van der Waals surface area contributed by atoms with Crippen LogP contribution >= 0.6 is 0 Å². The molecule has 0 unspecified atom stereocenters. The molecule has 1 heterocycles. The van der Waals surface area contributed by atoms with Crippen molar-refractivity contribution in [2.45, 2.75) is 0 Å². The van der Waals surface area contributed by atoms with Crippen LogP contribution in [0.3, 0.4) is 0 Å². The first kappa shape index (κ1) is 28.4. The molecule has 0 radical (unpaired) electrons. The van der Waals surface area contributed by atoms with Gasteiger partial charge in [0.25, 0.3) is 0 Å². The molecule has 0 bridgehead atoms. The van der Waals surface area contributed by atoms with Crippen molar-refractivity contribution in [3.63, 3.8) is 0 Å². The predicted octanol–water partition coefficient (Wildman–Crippen LogP) is 13.7. The lowest BCUT2D eigenvalue weighted by Gasteiger charge is -2.28. The molecule has 234 valence electrons. The topological polar surface area (TPSA) is 16.4 Å². The van der Waals surface area contributed by atoms with Gasteiger partial charge in [-0.1, -0.05) is 140 Å². The highest BCUT2D eigenvalue weighted by molar-refractivity contribution is 6.07. The molecule has 1 aliphatic carbocycles. The van der Waals surface area contributed by atoms with Gasteiger partial charge in [0.15, 0.2) is 0 Å². The Balaban J connectivity index is 1.21.